The molecule has 1 saturated heterocycles. The maximum Gasteiger partial charge on any atom is 0.573 e. The summed E-state index contributed by atoms with van der Waals surface area (Å²) in [5, 5.41) is 5.63. The summed E-state index contributed by atoms with van der Waals surface area (Å²) in [5.41, 5.74) is 2.74. The van der Waals surface area contributed by atoms with E-state index in [1.165, 1.54) is 26.4 Å². The second-order valence-electron chi connectivity index (χ2n) is 11.4. The number of fused-ring (bicyclic) bond motifs is 4. The second kappa shape index (κ2) is 12.7. The lowest BCUT2D eigenvalue weighted by atomic mass is 9.83. The van der Waals surface area contributed by atoms with Gasteiger partial charge in [-0.2, -0.15) is 0 Å². The summed E-state index contributed by atoms with van der Waals surface area (Å²) in [6, 6.07) is 19.8. The summed E-state index contributed by atoms with van der Waals surface area (Å²) in [7, 11) is 2.96. The van der Waals surface area contributed by atoms with Gasteiger partial charge in [0, 0.05) is 60.2 Å². The van der Waals surface area contributed by atoms with Crippen LogP contribution >= 0.6 is 0 Å². The van der Waals surface area contributed by atoms with Crippen molar-refractivity contribution in [3.63, 3.8) is 0 Å². The molecule has 2 bridgehead atoms. The third kappa shape index (κ3) is 7.03. The van der Waals surface area contributed by atoms with Gasteiger partial charge < -0.3 is 34.3 Å². The molecular weight excluding hydrogens is 617 g/mol. The van der Waals surface area contributed by atoms with Gasteiger partial charge in [0.15, 0.2) is 0 Å². The minimum absolute atomic E-state index is 0.0230. The number of benzene rings is 3. The van der Waals surface area contributed by atoms with E-state index in [9.17, 15) is 27.6 Å². The van der Waals surface area contributed by atoms with Crippen molar-refractivity contribution >= 4 is 28.9 Å². The molecule has 1 fully saturated rings. The molecule has 2 aliphatic heterocycles. The van der Waals surface area contributed by atoms with Crippen molar-refractivity contribution in [2.45, 2.75) is 25.2 Å². The van der Waals surface area contributed by atoms with E-state index in [-0.39, 0.29) is 34.2 Å². The van der Waals surface area contributed by atoms with Crippen LogP contribution in [0.2, 0.25) is 0 Å². The van der Waals surface area contributed by atoms with E-state index < -0.39 is 23.9 Å². The van der Waals surface area contributed by atoms with Crippen molar-refractivity contribution in [2.24, 2.45) is 5.92 Å². The Bertz CT molecular complexity index is 1850. The summed E-state index contributed by atoms with van der Waals surface area (Å²) >= 11 is 0. The third-order valence-corrected chi connectivity index (χ3v) is 8.29. The Morgan fingerprint density at radius 1 is 0.787 bits per heavy atom. The molecule has 0 spiro atoms. The molecular formula is C34H31F3N4O6. The van der Waals surface area contributed by atoms with Gasteiger partial charge in [-0.1, -0.05) is 6.07 Å². The van der Waals surface area contributed by atoms with Crippen LogP contribution < -0.4 is 35.3 Å². The normalized spacial score (nSPS) is 16.9. The van der Waals surface area contributed by atoms with Gasteiger partial charge in [0.25, 0.3) is 17.4 Å². The predicted octanol–water partition coefficient (Wildman–Crippen LogP) is 5.89. The maximum absolute atomic E-state index is 13.6. The van der Waals surface area contributed by atoms with Crippen molar-refractivity contribution in [1.82, 2.24) is 4.57 Å². The van der Waals surface area contributed by atoms with Crippen LogP contribution in [0.3, 0.4) is 0 Å². The van der Waals surface area contributed by atoms with E-state index in [2.05, 4.69) is 20.3 Å². The van der Waals surface area contributed by atoms with Gasteiger partial charge in [-0.15, -0.1) is 13.2 Å². The van der Waals surface area contributed by atoms with Gasteiger partial charge in [-0.3, -0.25) is 14.4 Å². The molecule has 47 heavy (non-hydrogen) atoms. The molecule has 4 aromatic rings. The zero-order chi connectivity index (χ0) is 33.3. The molecule has 2 aliphatic rings. The molecule has 6 rings (SSSR count). The first-order valence-corrected chi connectivity index (χ1v) is 14.8. The quantitative estimate of drug-likeness (QED) is 0.245. The number of piperidine rings is 1. The SMILES string of the molecule is COc1cc(OC)cc(C(=O)Nc2cc(C(=O)Nc3ccc(OC(F)(F)F)cc3)ccc2N2C[C@H]3C[C@@H](C2)c2cccc(=O)n2C3)c1. The molecule has 10 nitrogen and oxygen atoms in total. The highest BCUT2D eigenvalue weighted by Gasteiger charge is 2.35. The van der Waals surface area contributed by atoms with Crippen LogP contribution in [-0.2, 0) is 6.54 Å². The van der Waals surface area contributed by atoms with Gasteiger partial charge >= 0.3 is 6.36 Å². The number of alkyl halides is 3. The number of ether oxygens (including phenoxy) is 3. The smallest absolute Gasteiger partial charge is 0.497 e. The summed E-state index contributed by atoms with van der Waals surface area (Å²) in [6.45, 7) is 1.80. The summed E-state index contributed by atoms with van der Waals surface area (Å²) in [4.78, 5) is 41.6. The van der Waals surface area contributed by atoms with Crippen molar-refractivity contribution in [1.29, 1.82) is 0 Å². The van der Waals surface area contributed by atoms with Crippen LogP contribution in [0.1, 0.15) is 38.7 Å². The number of anilines is 3. The predicted molar refractivity (Wildman–Crippen MR) is 169 cm³/mol. The van der Waals surface area contributed by atoms with Crippen molar-refractivity contribution in [2.75, 3.05) is 42.8 Å². The second-order valence-corrected chi connectivity index (χ2v) is 11.4. The number of nitrogens with one attached hydrogen (secondary N) is 2. The Morgan fingerprint density at radius 3 is 2.17 bits per heavy atom. The number of carbonyl (C=O) groups excluding carboxylic acids is 2. The Morgan fingerprint density at radius 2 is 1.49 bits per heavy atom. The Kier molecular flexibility index (Phi) is 8.54. The number of aromatic nitrogens is 1. The number of methoxy groups -OCH3 is 2. The number of hydrogen-bond acceptors (Lipinski definition) is 7. The molecule has 2 amide bonds. The number of carbonyl (C=O) groups is 2. The van der Waals surface area contributed by atoms with Crippen LogP contribution in [0.4, 0.5) is 30.2 Å². The van der Waals surface area contributed by atoms with Crippen molar-refractivity contribution in [3.8, 4) is 17.2 Å². The highest BCUT2D eigenvalue weighted by molar-refractivity contribution is 6.09. The van der Waals surface area contributed by atoms with E-state index in [1.54, 1.807) is 48.5 Å². The fraction of sp³-hybridized carbons (Fsp3) is 0.265. The Balaban J connectivity index is 1.30. The molecule has 2 N–H and O–H groups in total. The van der Waals surface area contributed by atoms with Crippen LogP contribution in [0, 0.1) is 5.92 Å². The molecule has 0 unspecified atom stereocenters. The van der Waals surface area contributed by atoms with Crippen LogP contribution in [0.25, 0.3) is 0 Å². The highest BCUT2D eigenvalue weighted by atomic mass is 19.4. The first-order chi connectivity index (χ1) is 22.5. The zero-order valence-electron chi connectivity index (χ0n) is 25.5. The first-order valence-electron chi connectivity index (χ1n) is 14.8. The first kappa shape index (κ1) is 31.5. The van der Waals surface area contributed by atoms with E-state index >= 15 is 0 Å². The van der Waals surface area contributed by atoms with Gasteiger partial charge in [0.1, 0.15) is 17.2 Å². The molecule has 1 aromatic heterocycles. The number of rotatable bonds is 8. The highest BCUT2D eigenvalue weighted by Crippen LogP contribution is 2.39. The lowest BCUT2D eigenvalue weighted by Crippen LogP contribution is -2.47. The van der Waals surface area contributed by atoms with E-state index in [4.69, 9.17) is 9.47 Å². The maximum atomic E-state index is 13.6. The van der Waals surface area contributed by atoms with Gasteiger partial charge in [0.2, 0.25) is 0 Å². The monoisotopic (exact) mass is 648 g/mol. The fourth-order valence-electron chi connectivity index (χ4n) is 6.22. The molecule has 3 heterocycles. The van der Waals surface area contributed by atoms with E-state index in [0.717, 1.165) is 24.2 Å². The standard InChI is InChI=1S/C34H31F3N4O6/c1-45-26-13-22(14-27(16-26)46-2)33(44)39-28-15-21(32(43)38-24-7-9-25(10-8-24)47-34(35,36)37)6-11-30(28)40-17-20-12-23(19-40)29-4-3-5-31(42)41(29)18-20/h3-11,13-16,20,23H,12,17-19H2,1-2H3,(H,38,43)(H,39,44)/t20-,23+/m1/s1. The third-order valence-electron chi connectivity index (χ3n) is 8.29. The van der Waals surface area contributed by atoms with Gasteiger partial charge in [-0.05, 0) is 73.0 Å². The molecule has 0 radical (unpaired) electrons. The Hall–Kier alpha value is -5.46. The molecule has 2 atom stereocenters. The summed E-state index contributed by atoms with van der Waals surface area (Å²) in [5.74, 6) is -0.286. The Labute approximate surface area is 267 Å². The molecule has 0 saturated carbocycles. The van der Waals surface area contributed by atoms with Crippen LogP contribution in [-0.4, -0.2) is 50.1 Å². The van der Waals surface area contributed by atoms with E-state index in [1.807, 2.05) is 10.6 Å². The minimum atomic E-state index is -4.84. The van der Waals surface area contributed by atoms with Gasteiger partial charge in [-0.25, -0.2) is 0 Å². The molecule has 13 heteroatoms. The summed E-state index contributed by atoms with van der Waals surface area (Å²) < 4.78 is 54.0. The number of pyridine rings is 1. The topological polar surface area (TPSA) is 111 Å². The number of halogens is 3. The fourth-order valence-corrected chi connectivity index (χ4v) is 6.22. The minimum Gasteiger partial charge on any atom is -0.497 e. The van der Waals surface area contributed by atoms with E-state index in [0.29, 0.717) is 42.5 Å². The lowest BCUT2D eigenvalue weighted by molar-refractivity contribution is -0.274. The molecule has 3 aromatic carbocycles. The largest absolute Gasteiger partial charge is 0.573 e. The zero-order valence-corrected chi connectivity index (χ0v) is 25.5. The van der Waals surface area contributed by atoms with Gasteiger partial charge in [0.05, 0.1) is 25.6 Å². The van der Waals surface area contributed by atoms with Crippen LogP contribution in [0.15, 0.2) is 83.7 Å². The number of hydrogen-bond donors (Lipinski definition) is 2. The number of nitrogens with zero attached hydrogens (tertiary/aromatic N) is 2. The molecule has 0 aliphatic carbocycles. The average Bonchev–Trinajstić information content (AvgIpc) is 3.05. The summed E-state index contributed by atoms with van der Waals surface area (Å²) in [6.07, 6.45) is -3.91. The lowest BCUT2D eigenvalue weighted by Gasteiger charge is -2.44. The van der Waals surface area contributed by atoms with Crippen molar-refractivity contribution < 1.29 is 37.0 Å². The average molecular weight is 649 g/mol. The molecule has 244 valence electrons. The van der Waals surface area contributed by atoms with Crippen molar-refractivity contribution in [3.05, 3.63) is 106 Å². The number of amides is 2. The van der Waals surface area contributed by atoms with Crippen LogP contribution in [0.5, 0.6) is 17.2 Å².